The van der Waals surface area contributed by atoms with Crippen molar-refractivity contribution in [1.82, 2.24) is 19.7 Å². The van der Waals surface area contributed by atoms with Crippen molar-refractivity contribution in [3.63, 3.8) is 0 Å². The van der Waals surface area contributed by atoms with E-state index in [2.05, 4.69) is 39.6 Å². The number of nitrogens with one attached hydrogen (secondary N) is 1. The van der Waals surface area contributed by atoms with Crippen LogP contribution in [0.25, 0.3) is 11.0 Å². The highest BCUT2D eigenvalue weighted by atomic mass is 16.5. The Kier molecular flexibility index (Phi) is 4.71. The number of hydrogen-bond acceptors (Lipinski definition) is 6. The number of aryl methyl sites for hydroxylation is 1. The van der Waals surface area contributed by atoms with Gasteiger partial charge in [0, 0.05) is 33.1 Å². The first-order chi connectivity index (χ1) is 14.7. The maximum absolute atomic E-state index is 5.28. The summed E-state index contributed by atoms with van der Waals surface area (Å²) in [6.07, 6.45) is 0.890. The minimum Gasteiger partial charge on any atom is -0.497 e. The number of hydrogen-bond donors (Lipinski definition) is 1. The Bertz CT molecular complexity index is 1170. The summed E-state index contributed by atoms with van der Waals surface area (Å²) in [5.74, 6) is 2.43. The molecule has 0 saturated carbocycles. The van der Waals surface area contributed by atoms with Crippen LogP contribution in [-0.2, 0) is 26.6 Å². The third-order valence-electron chi connectivity index (χ3n) is 5.48. The minimum absolute atomic E-state index is 0.623. The van der Waals surface area contributed by atoms with Gasteiger partial charge in [0.05, 0.1) is 18.2 Å². The van der Waals surface area contributed by atoms with E-state index >= 15 is 0 Å². The van der Waals surface area contributed by atoms with Crippen molar-refractivity contribution in [2.45, 2.75) is 19.5 Å². The highest BCUT2D eigenvalue weighted by Gasteiger charge is 2.26. The zero-order chi connectivity index (χ0) is 20.5. The highest BCUT2D eigenvalue weighted by Crippen LogP contribution is 2.33. The van der Waals surface area contributed by atoms with E-state index in [0.717, 1.165) is 47.8 Å². The van der Waals surface area contributed by atoms with Crippen molar-refractivity contribution in [3.8, 4) is 5.75 Å². The number of aromatic nitrogens is 4. The van der Waals surface area contributed by atoms with Crippen LogP contribution in [0, 0.1) is 0 Å². The van der Waals surface area contributed by atoms with Crippen molar-refractivity contribution < 1.29 is 4.74 Å². The number of benzene rings is 2. The molecule has 0 amide bonds. The Labute approximate surface area is 175 Å². The molecule has 0 saturated heterocycles. The molecule has 7 nitrogen and oxygen atoms in total. The van der Waals surface area contributed by atoms with Crippen LogP contribution >= 0.6 is 0 Å². The van der Waals surface area contributed by atoms with Gasteiger partial charge in [-0.1, -0.05) is 42.5 Å². The molecule has 0 aliphatic carbocycles. The topological polar surface area (TPSA) is 68.1 Å². The zero-order valence-electron chi connectivity index (χ0n) is 17.2. The summed E-state index contributed by atoms with van der Waals surface area (Å²) in [5, 5.41) is 9.13. The summed E-state index contributed by atoms with van der Waals surface area (Å²) in [7, 11) is 3.63. The molecular weight excluding hydrogens is 376 g/mol. The van der Waals surface area contributed by atoms with Gasteiger partial charge in [0.1, 0.15) is 11.6 Å². The molecule has 0 atom stereocenters. The molecule has 0 fully saturated rings. The molecule has 0 unspecified atom stereocenters. The molecule has 0 radical (unpaired) electrons. The van der Waals surface area contributed by atoms with Gasteiger partial charge in [0.25, 0.3) is 0 Å². The average molecular weight is 400 g/mol. The molecule has 152 valence electrons. The lowest BCUT2D eigenvalue weighted by atomic mass is 10.1. The lowest BCUT2D eigenvalue weighted by Crippen LogP contribution is -2.29. The Balaban J connectivity index is 1.47. The maximum atomic E-state index is 5.28. The number of nitrogens with zero attached hydrogens (tertiary/aromatic N) is 5. The summed E-state index contributed by atoms with van der Waals surface area (Å²) >= 11 is 0. The largest absolute Gasteiger partial charge is 0.497 e. The Morgan fingerprint density at radius 3 is 2.57 bits per heavy atom. The summed E-state index contributed by atoms with van der Waals surface area (Å²) in [5.41, 5.74) is 4.34. The third kappa shape index (κ3) is 3.43. The summed E-state index contributed by atoms with van der Waals surface area (Å²) in [6.45, 7) is 2.33. The van der Waals surface area contributed by atoms with Gasteiger partial charge >= 0.3 is 0 Å². The van der Waals surface area contributed by atoms with Gasteiger partial charge in [-0.05, 0) is 23.3 Å². The Morgan fingerprint density at radius 1 is 1.00 bits per heavy atom. The fourth-order valence-electron chi connectivity index (χ4n) is 3.92. The van der Waals surface area contributed by atoms with Gasteiger partial charge in [0.15, 0.2) is 5.65 Å². The van der Waals surface area contributed by atoms with E-state index in [4.69, 9.17) is 14.7 Å². The van der Waals surface area contributed by atoms with E-state index in [1.807, 2.05) is 42.1 Å². The highest BCUT2D eigenvalue weighted by molar-refractivity contribution is 5.92. The first-order valence-corrected chi connectivity index (χ1v) is 10.1. The molecule has 0 spiro atoms. The standard InChI is InChI=1S/C23H24N6O/c1-28-21-20-19(27-28)12-13-29(15-17-8-10-18(30-2)11-9-17)22(20)26-23(25-21)24-14-16-6-4-3-5-7-16/h3-11H,12-15H2,1-2H3,(H,24,25,26). The molecule has 2 aromatic carbocycles. The quantitative estimate of drug-likeness (QED) is 0.534. The maximum Gasteiger partial charge on any atom is 0.227 e. The molecule has 30 heavy (non-hydrogen) atoms. The summed E-state index contributed by atoms with van der Waals surface area (Å²) in [4.78, 5) is 12.0. The van der Waals surface area contributed by atoms with Crippen molar-refractivity contribution in [2.75, 3.05) is 23.9 Å². The minimum atomic E-state index is 0.623. The lowest BCUT2D eigenvalue weighted by Gasteiger charge is -2.28. The number of rotatable bonds is 6. The molecule has 1 aliphatic rings. The summed E-state index contributed by atoms with van der Waals surface area (Å²) < 4.78 is 7.14. The van der Waals surface area contributed by atoms with Crippen LogP contribution in [0.2, 0.25) is 0 Å². The van der Waals surface area contributed by atoms with Crippen molar-refractivity contribution in [3.05, 3.63) is 71.4 Å². The fraction of sp³-hybridized carbons (Fsp3) is 0.261. The lowest BCUT2D eigenvalue weighted by molar-refractivity contribution is 0.414. The second kappa shape index (κ2) is 7.67. The molecule has 4 aromatic rings. The van der Waals surface area contributed by atoms with E-state index in [1.165, 1.54) is 11.1 Å². The fourth-order valence-corrected chi connectivity index (χ4v) is 3.92. The second-order valence-corrected chi connectivity index (χ2v) is 7.50. The van der Waals surface area contributed by atoms with Gasteiger partial charge in [0.2, 0.25) is 5.95 Å². The van der Waals surface area contributed by atoms with Crippen LogP contribution in [0.4, 0.5) is 11.8 Å². The van der Waals surface area contributed by atoms with Crippen LogP contribution in [0.15, 0.2) is 54.6 Å². The van der Waals surface area contributed by atoms with Crippen LogP contribution in [0.5, 0.6) is 5.75 Å². The SMILES string of the molecule is COc1ccc(CN2CCc3nn(C)c4nc(NCc5ccccc5)nc2c34)cc1. The first kappa shape index (κ1) is 18.4. The molecule has 1 aliphatic heterocycles. The van der Waals surface area contributed by atoms with Gasteiger partial charge in [-0.2, -0.15) is 15.1 Å². The van der Waals surface area contributed by atoms with E-state index in [0.29, 0.717) is 12.5 Å². The number of methoxy groups -OCH3 is 1. The molecular formula is C23H24N6O. The molecule has 1 N–H and O–H groups in total. The van der Waals surface area contributed by atoms with Gasteiger partial charge in [-0.25, -0.2) is 4.68 Å². The predicted octanol–water partition coefficient (Wildman–Crippen LogP) is 3.55. The molecule has 7 heteroatoms. The Hall–Kier alpha value is -3.61. The van der Waals surface area contributed by atoms with E-state index < -0.39 is 0 Å². The van der Waals surface area contributed by atoms with E-state index in [-0.39, 0.29) is 0 Å². The third-order valence-corrected chi connectivity index (χ3v) is 5.48. The van der Waals surface area contributed by atoms with Crippen LogP contribution < -0.4 is 15.0 Å². The van der Waals surface area contributed by atoms with Crippen molar-refractivity contribution in [2.24, 2.45) is 7.05 Å². The van der Waals surface area contributed by atoms with Crippen molar-refractivity contribution >= 4 is 22.8 Å². The smallest absolute Gasteiger partial charge is 0.227 e. The van der Waals surface area contributed by atoms with Crippen molar-refractivity contribution in [1.29, 1.82) is 0 Å². The molecule has 2 aromatic heterocycles. The average Bonchev–Trinajstić information content (AvgIpc) is 3.11. The van der Waals surface area contributed by atoms with Crippen LogP contribution in [0.1, 0.15) is 16.8 Å². The normalized spacial score (nSPS) is 12.9. The van der Waals surface area contributed by atoms with Gasteiger partial charge in [-0.3, -0.25) is 0 Å². The number of anilines is 2. The molecule has 3 heterocycles. The van der Waals surface area contributed by atoms with Crippen LogP contribution in [-0.4, -0.2) is 33.4 Å². The molecule has 5 rings (SSSR count). The second-order valence-electron chi connectivity index (χ2n) is 7.50. The van der Waals surface area contributed by atoms with Gasteiger partial charge in [-0.15, -0.1) is 0 Å². The van der Waals surface area contributed by atoms with E-state index in [1.54, 1.807) is 7.11 Å². The summed E-state index contributed by atoms with van der Waals surface area (Å²) in [6, 6.07) is 18.5. The van der Waals surface area contributed by atoms with E-state index in [9.17, 15) is 0 Å². The first-order valence-electron chi connectivity index (χ1n) is 10.1. The predicted molar refractivity (Wildman–Crippen MR) is 118 cm³/mol. The zero-order valence-corrected chi connectivity index (χ0v) is 17.2. The number of ether oxygens (including phenoxy) is 1. The van der Waals surface area contributed by atoms with Gasteiger partial charge < -0.3 is 15.0 Å². The van der Waals surface area contributed by atoms with Crippen LogP contribution in [0.3, 0.4) is 0 Å². The molecule has 0 bridgehead atoms. The monoisotopic (exact) mass is 400 g/mol. The Morgan fingerprint density at radius 2 is 1.80 bits per heavy atom.